The van der Waals surface area contributed by atoms with E-state index in [1.54, 1.807) is 22.7 Å². The highest BCUT2D eigenvalue weighted by atomic mass is 32.1. The molecule has 1 unspecified atom stereocenters. The molecule has 3 heterocycles. The number of hydrogen-bond acceptors (Lipinski definition) is 6. The van der Waals surface area contributed by atoms with Crippen molar-refractivity contribution in [2.24, 2.45) is 0 Å². The standard InChI is InChI=1S/C14H19N3OS2/c1-10(2)14-16-15-13(20-14)9-17-5-6-18-11(8-17)12-4-3-7-19-12/h3-4,7,10-11H,5-6,8-9H2,1-2H3. The summed E-state index contributed by atoms with van der Waals surface area (Å²) in [6.07, 6.45) is 0.209. The van der Waals surface area contributed by atoms with E-state index in [2.05, 4.69) is 46.5 Å². The molecule has 108 valence electrons. The highest BCUT2D eigenvalue weighted by Gasteiger charge is 2.23. The molecule has 1 aliphatic rings. The van der Waals surface area contributed by atoms with Crippen LogP contribution in [0.25, 0.3) is 0 Å². The Labute approximate surface area is 127 Å². The highest BCUT2D eigenvalue weighted by molar-refractivity contribution is 7.11. The average Bonchev–Trinajstić information content (AvgIpc) is 3.10. The van der Waals surface area contributed by atoms with Crippen LogP contribution in [0.1, 0.15) is 40.8 Å². The summed E-state index contributed by atoms with van der Waals surface area (Å²) in [4.78, 5) is 3.73. The molecule has 6 heteroatoms. The van der Waals surface area contributed by atoms with E-state index in [1.165, 1.54) is 4.88 Å². The van der Waals surface area contributed by atoms with Crippen molar-refractivity contribution in [1.82, 2.24) is 15.1 Å². The van der Waals surface area contributed by atoms with Gasteiger partial charge in [0.15, 0.2) is 0 Å². The third-order valence-electron chi connectivity index (χ3n) is 3.35. The third kappa shape index (κ3) is 3.25. The molecular formula is C14H19N3OS2. The molecule has 0 N–H and O–H groups in total. The van der Waals surface area contributed by atoms with Gasteiger partial charge in [0.05, 0.1) is 13.2 Å². The Morgan fingerprint density at radius 2 is 2.35 bits per heavy atom. The van der Waals surface area contributed by atoms with Gasteiger partial charge in [0.1, 0.15) is 16.1 Å². The van der Waals surface area contributed by atoms with E-state index in [-0.39, 0.29) is 6.10 Å². The van der Waals surface area contributed by atoms with Crippen LogP contribution >= 0.6 is 22.7 Å². The predicted molar refractivity (Wildman–Crippen MR) is 82.3 cm³/mol. The van der Waals surface area contributed by atoms with Crippen LogP contribution in [0.5, 0.6) is 0 Å². The summed E-state index contributed by atoms with van der Waals surface area (Å²) in [6, 6.07) is 4.24. The third-order valence-corrected chi connectivity index (χ3v) is 5.52. The Hall–Kier alpha value is -0.820. The number of aromatic nitrogens is 2. The van der Waals surface area contributed by atoms with E-state index in [4.69, 9.17) is 4.74 Å². The number of ether oxygens (including phenoxy) is 1. The molecule has 2 aromatic rings. The fourth-order valence-electron chi connectivity index (χ4n) is 2.25. The first-order valence-electron chi connectivity index (χ1n) is 6.92. The highest BCUT2D eigenvalue weighted by Crippen LogP contribution is 2.27. The van der Waals surface area contributed by atoms with Gasteiger partial charge in [-0.2, -0.15) is 0 Å². The maximum absolute atomic E-state index is 5.87. The van der Waals surface area contributed by atoms with Gasteiger partial charge in [0, 0.05) is 23.9 Å². The maximum Gasteiger partial charge on any atom is 0.131 e. The minimum atomic E-state index is 0.209. The van der Waals surface area contributed by atoms with Crippen LogP contribution in [-0.2, 0) is 11.3 Å². The molecule has 0 spiro atoms. The summed E-state index contributed by atoms with van der Waals surface area (Å²) < 4.78 is 5.87. The molecule has 0 aromatic carbocycles. The Kier molecular flexibility index (Phi) is 4.45. The Morgan fingerprint density at radius 1 is 1.45 bits per heavy atom. The minimum absolute atomic E-state index is 0.209. The molecule has 0 aliphatic carbocycles. The van der Waals surface area contributed by atoms with Gasteiger partial charge >= 0.3 is 0 Å². The lowest BCUT2D eigenvalue weighted by atomic mass is 10.2. The van der Waals surface area contributed by atoms with Crippen molar-refractivity contribution in [1.29, 1.82) is 0 Å². The number of hydrogen-bond donors (Lipinski definition) is 0. The number of morpholine rings is 1. The minimum Gasteiger partial charge on any atom is -0.370 e. The van der Waals surface area contributed by atoms with Gasteiger partial charge in [0.2, 0.25) is 0 Å². The molecule has 4 nitrogen and oxygen atoms in total. The molecule has 1 saturated heterocycles. The first-order chi connectivity index (χ1) is 9.72. The van der Waals surface area contributed by atoms with Crippen LogP contribution in [0.2, 0.25) is 0 Å². The molecule has 1 atom stereocenters. The van der Waals surface area contributed by atoms with Crippen molar-refractivity contribution in [3.8, 4) is 0 Å². The summed E-state index contributed by atoms with van der Waals surface area (Å²) >= 11 is 3.50. The van der Waals surface area contributed by atoms with Crippen molar-refractivity contribution in [2.75, 3.05) is 19.7 Å². The molecule has 1 aliphatic heterocycles. The molecule has 0 radical (unpaired) electrons. The second kappa shape index (κ2) is 6.30. The number of nitrogens with zero attached hydrogens (tertiary/aromatic N) is 3. The molecule has 20 heavy (non-hydrogen) atoms. The van der Waals surface area contributed by atoms with Crippen LogP contribution in [-0.4, -0.2) is 34.8 Å². The fraction of sp³-hybridized carbons (Fsp3) is 0.571. The molecule has 0 bridgehead atoms. The monoisotopic (exact) mass is 309 g/mol. The van der Waals surface area contributed by atoms with Gasteiger partial charge in [-0.1, -0.05) is 31.3 Å². The molecule has 3 rings (SSSR count). The van der Waals surface area contributed by atoms with Gasteiger partial charge in [0.25, 0.3) is 0 Å². The SMILES string of the molecule is CC(C)c1nnc(CN2CCOC(c3cccs3)C2)s1. The van der Waals surface area contributed by atoms with Crippen LogP contribution in [0, 0.1) is 0 Å². The van der Waals surface area contributed by atoms with Gasteiger partial charge in [-0.05, 0) is 11.4 Å². The molecule has 0 amide bonds. The Bertz CT molecular complexity index is 538. The molecular weight excluding hydrogens is 290 g/mol. The van der Waals surface area contributed by atoms with Crippen molar-refractivity contribution >= 4 is 22.7 Å². The van der Waals surface area contributed by atoms with Crippen molar-refractivity contribution in [3.63, 3.8) is 0 Å². The summed E-state index contributed by atoms with van der Waals surface area (Å²) in [5.41, 5.74) is 0. The van der Waals surface area contributed by atoms with Crippen LogP contribution in [0.4, 0.5) is 0 Å². The largest absolute Gasteiger partial charge is 0.370 e. The lowest BCUT2D eigenvalue weighted by Gasteiger charge is -2.31. The second-order valence-electron chi connectivity index (χ2n) is 5.30. The zero-order valence-corrected chi connectivity index (χ0v) is 13.4. The molecule has 1 fully saturated rings. The van der Waals surface area contributed by atoms with E-state index in [0.29, 0.717) is 5.92 Å². The number of thiophene rings is 1. The summed E-state index contributed by atoms with van der Waals surface area (Å²) in [7, 11) is 0. The Morgan fingerprint density at radius 3 is 3.05 bits per heavy atom. The lowest BCUT2D eigenvalue weighted by Crippen LogP contribution is -2.37. The van der Waals surface area contributed by atoms with Crippen LogP contribution < -0.4 is 0 Å². The van der Waals surface area contributed by atoms with Gasteiger partial charge in [-0.25, -0.2) is 0 Å². The van der Waals surface area contributed by atoms with E-state index >= 15 is 0 Å². The normalized spacial score (nSPS) is 20.6. The summed E-state index contributed by atoms with van der Waals surface area (Å²) in [5.74, 6) is 0.463. The number of rotatable bonds is 4. The van der Waals surface area contributed by atoms with Crippen LogP contribution in [0.15, 0.2) is 17.5 Å². The molecule has 0 saturated carbocycles. The summed E-state index contributed by atoms with van der Waals surface area (Å²) in [5, 5.41) is 12.9. The van der Waals surface area contributed by atoms with E-state index in [9.17, 15) is 0 Å². The van der Waals surface area contributed by atoms with Crippen LogP contribution in [0.3, 0.4) is 0 Å². The first-order valence-corrected chi connectivity index (χ1v) is 8.61. The van der Waals surface area contributed by atoms with Crippen molar-refractivity contribution < 1.29 is 4.74 Å². The van der Waals surface area contributed by atoms with E-state index in [0.717, 1.165) is 36.3 Å². The fourth-order valence-corrected chi connectivity index (χ4v) is 3.90. The van der Waals surface area contributed by atoms with Gasteiger partial charge in [-0.15, -0.1) is 21.5 Å². The quantitative estimate of drug-likeness (QED) is 0.868. The van der Waals surface area contributed by atoms with Crippen molar-refractivity contribution in [3.05, 3.63) is 32.4 Å². The van der Waals surface area contributed by atoms with Gasteiger partial charge < -0.3 is 4.74 Å². The lowest BCUT2D eigenvalue weighted by molar-refractivity contribution is -0.0312. The summed E-state index contributed by atoms with van der Waals surface area (Å²) in [6.45, 7) is 7.90. The first kappa shape index (κ1) is 14.1. The maximum atomic E-state index is 5.87. The topological polar surface area (TPSA) is 38.2 Å². The zero-order chi connectivity index (χ0) is 13.9. The van der Waals surface area contributed by atoms with Crippen molar-refractivity contribution in [2.45, 2.75) is 32.4 Å². The van der Waals surface area contributed by atoms with E-state index in [1.807, 2.05) is 0 Å². The van der Waals surface area contributed by atoms with E-state index < -0.39 is 0 Å². The second-order valence-corrected chi connectivity index (χ2v) is 7.37. The zero-order valence-electron chi connectivity index (χ0n) is 11.8. The Balaban J connectivity index is 1.62. The predicted octanol–water partition coefficient (Wildman–Crippen LogP) is 3.30. The smallest absolute Gasteiger partial charge is 0.131 e. The van der Waals surface area contributed by atoms with Gasteiger partial charge in [-0.3, -0.25) is 4.90 Å². The average molecular weight is 309 g/mol. The molecule has 2 aromatic heterocycles.